The molecule has 1 heterocycles. The fraction of sp³-hybridized carbons (Fsp3) is 0.533. The van der Waals surface area contributed by atoms with Gasteiger partial charge in [-0.2, -0.15) is 0 Å². The van der Waals surface area contributed by atoms with Gasteiger partial charge in [0.05, 0.1) is 0 Å². The van der Waals surface area contributed by atoms with Crippen LogP contribution in [0.15, 0.2) is 30.3 Å². The van der Waals surface area contributed by atoms with E-state index in [0.29, 0.717) is 0 Å². The number of hydrogen-bond donors (Lipinski definition) is 0. The van der Waals surface area contributed by atoms with Crippen molar-refractivity contribution in [3.8, 4) is 0 Å². The molecule has 0 bridgehead atoms. The van der Waals surface area contributed by atoms with Gasteiger partial charge in [-0.1, -0.05) is 61.2 Å². The highest BCUT2D eigenvalue weighted by Gasteiger charge is 2.18. The average molecular weight is 294 g/mol. The van der Waals surface area contributed by atoms with E-state index in [9.17, 15) is 0 Å². The molecule has 104 valence electrons. The number of thiocarbonyl (C=S) groups is 1. The van der Waals surface area contributed by atoms with Gasteiger partial charge >= 0.3 is 0 Å². The zero-order valence-corrected chi connectivity index (χ0v) is 13.2. The molecule has 1 saturated heterocycles. The molecular formula is C15H22N2S2. The van der Waals surface area contributed by atoms with Crippen LogP contribution >= 0.6 is 24.0 Å². The molecule has 0 aliphatic carbocycles. The Hall–Kier alpha value is -0.580. The fourth-order valence-corrected chi connectivity index (χ4v) is 3.49. The van der Waals surface area contributed by atoms with Gasteiger partial charge in [-0.15, -0.1) is 0 Å². The van der Waals surface area contributed by atoms with Crippen LogP contribution in [0.4, 0.5) is 0 Å². The molecule has 0 atom stereocenters. The maximum Gasteiger partial charge on any atom is 0.136 e. The first-order valence-electron chi connectivity index (χ1n) is 6.97. The van der Waals surface area contributed by atoms with Gasteiger partial charge in [-0.3, -0.25) is 4.90 Å². The van der Waals surface area contributed by atoms with E-state index >= 15 is 0 Å². The first-order chi connectivity index (χ1) is 9.29. The van der Waals surface area contributed by atoms with Crippen LogP contribution in [-0.2, 0) is 5.75 Å². The van der Waals surface area contributed by atoms with Crippen LogP contribution in [-0.4, -0.2) is 46.8 Å². The van der Waals surface area contributed by atoms with Crippen LogP contribution in [0.25, 0.3) is 0 Å². The van der Waals surface area contributed by atoms with Crippen molar-refractivity contribution >= 4 is 28.3 Å². The number of rotatable bonds is 4. The number of thioether (sulfide) groups is 1. The Morgan fingerprint density at radius 1 is 1.16 bits per heavy atom. The highest BCUT2D eigenvalue weighted by atomic mass is 32.2. The van der Waals surface area contributed by atoms with Gasteiger partial charge in [0.2, 0.25) is 0 Å². The molecule has 0 amide bonds. The molecule has 1 aliphatic rings. The van der Waals surface area contributed by atoms with Gasteiger partial charge in [-0.05, 0) is 18.5 Å². The normalized spacial score (nSPS) is 16.6. The Balaban J connectivity index is 1.73. The summed E-state index contributed by atoms with van der Waals surface area (Å²) in [6, 6.07) is 10.5. The van der Waals surface area contributed by atoms with Crippen LogP contribution in [0, 0.1) is 0 Å². The largest absolute Gasteiger partial charge is 0.355 e. The second kappa shape index (κ2) is 7.88. The van der Waals surface area contributed by atoms with Gasteiger partial charge in [0.25, 0.3) is 0 Å². The van der Waals surface area contributed by atoms with Crippen molar-refractivity contribution < 1.29 is 0 Å². The van der Waals surface area contributed by atoms with Crippen LogP contribution in [0.5, 0.6) is 0 Å². The minimum atomic E-state index is 0.981. The summed E-state index contributed by atoms with van der Waals surface area (Å²) in [5.74, 6) is 0.981. The van der Waals surface area contributed by atoms with Crippen molar-refractivity contribution in [1.29, 1.82) is 0 Å². The van der Waals surface area contributed by atoms with Crippen LogP contribution < -0.4 is 0 Å². The third-order valence-electron chi connectivity index (χ3n) is 3.38. The maximum absolute atomic E-state index is 5.55. The van der Waals surface area contributed by atoms with E-state index < -0.39 is 0 Å². The molecule has 1 fully saturated rings. The van der Waals surface area contributed by atoms with Crippen molar-refractivity contribution in [2.45, 2.75) is 19.1 Å². The van der Waals surface area contributed by atoms with E-state index in [4.69, 9.17) is 12.2 Å². The zero-order chi connectivity index (χ0) is 13.5. The molecule has 1 aromatic carbocycles. The molecule has 4 heteroatoms. The van der Waals surface area contributed by atoms with Gasteiger partial charge < -0.3 is 4.90 Å². The quantitative estimate of drug-likeness (QED) is 0.786. The van der Waals surface area contributed by atoms with Gasteiger partial charge in [0.15, 0.2) is 0 Å². The summed E-state index contributed by atoms with van der Waals surface area (Å²) in [6.07, 6.45) is 1.24. The third kappa shape index (κ3) is 4.79. The summed E-state index contributed by atoms with van der Waals surface area (Å²) >= 11 is 7.34. The molecule has 1 aromatic rings. The summed E-state index contributed by atoms with van der Waals surface area (Å²) in [4.78, 5) is 4.88. The number of nitrogens with zero attached hydrogens (tertiary/aromatic N) is 2. The number of hydrogen-bond acceptors (Lipinski definition) is 3. The van der Waals surface area contributed by atoms with E-state index in [1.807, 2.05) is 0 Å². The lowest BCUT2D eigenvalue weighted by Gasteiger charge is -2.35. The monoisotopic (exact) mass is 294 g/mol. The summed E-state index contributed by atoms with van der Waals surface area (Å²) in [5, 5.41) is 0. The topological polar surface area (TPSA) is 6.48 Å². The molecule has 0 spiro atoms. The van der Waals surface area contributed by atoms with Crippen molar-refractivity contribution in [3.63, 3.8) is 0 Å². The predicted molar refractivity (Wildman–Crippen MR) is 88.6 cm³/mol. The van der Waals surface area contributed by atoms with E-state index in [0.717, 1.165) is 36.3 Å². The first kappa shape index (κ1) is 14.8. The Labute approximate surface area is 126 Å². The molecule has 2 rings (SSSR count). The summed E-state index contributed by atoms with van der Waals surface area (Å²) < 4.78 is 1.06. The zero-order valence-electron chi connectivity index (χ0n) is 11.5. The second-order valence-electron chi connectivity index (χ2n) is 4.87. The van der Waals surface area contributed by atoms with E-state index in [1.54, 1.807) is 11.8 Å². The Kier molecular flexibility index (Phi) is 6.14. The molecule has 19 heavy (non-hydrogen) atoms. The summed E-state index contributed by atoms with van der Waals surface area (Å²) in [5.41, 5.74) is 1.35. The molecule has 0 aromatic heterocycles. The molecule has 0 saturated carbocycles. The second-order valence-corrected chi connectivity index (χ2v) is 6.48. The van der Waals surface area contributed by atoms with Crippen LogP contribution in [0.3, 0.4) is 0 Å². The smallest absolute Gasteiger partial charge is 0.136 e. The third-order valence-corrected chi connectivity index (χ3v) is 4.97. The van der Waals surface area contributed by atoms with Gasteiger partial charge in [0.1, 0.15) is 4.32 Å². The lowest BCUT2D eigenvalue weighted by molar-refractivity contribution is 0.186. The number of benzene rings is 1. The highest BCUT2D eigenvalue weighted by molar-refractivity contribution is 8.22. The molecule has 0 unspecified atom stereocenters. The average Bonchev–Trinajstić information content (AvgIpc) is 2.47. The lowest BCUT2D eigenvalue weighted by Crippen LogP contribution is -2.47. The van der Waals surface area contributed by atoms with Gasteiger partial charge in [-0.25, -0.2) is 0 Å². The Morgan fingerprint density at radius 3 is 2.47 bits per heavy atom. The first-order valence-corrected chi connectivity index (χ1v) is 8.37. The molecular weight excluding hydrogens is 272 g/mol. The van der Waals surface area contributed by atoms with Gasteiger partial charge in [0, 0.05) is 31.9 Å². The van der Waals surface area contributed by atoms with E-state index in [2.05, 4.69) is 47.1 Å². The van der Waals surface area contributed by atoms with Crippen molar-refractivity contribution in [2.75, 3.05) is 32.7 Å². The highest BCUT2D eigenvalue weighted by Crippen LogP contribution is 2.17. The minimum absolute atomic E-state index is 0.981. The Bertz CT molecular complexity index is 386. The van der Waals surface area contributed by atoms with E-state index in [1.165, 1.54) is 18.5 Å². The fourth-order valence-electron chi connectivity index (χ4n) is 2.28. The summed E-state index contributed by atoms with van der Waals surface area (Å²) in [7, 11) is 0. The van der Waals surface area contributed by atoms with Crippen molar-refractivity contribution in [3.05, 3.63) is 35.9 Å². The predicted octanol–water partition coefficient (Wildman–Crippen LogP) is 3.23. The van der Waals surface area contributed by atoms with Crippen LogP contribution in [0.1, 0.15) is 18.9 Å². The van der Waals surface area contributed by atoms with Crippen LogP contribution in [0.2, 0.25) is 0 Å². The lowest BCUT2D eigenvalue weighted by atomic mass is 10.2. The Morgan fingerprint density at radius 2 is 1.84 bits per heavy atom. The van der Waals surface area contributed by atoms with E-state index in [-0.39, 0.29) is 0 Å². The molecule has 1 aliphatic heterocycles. The minimum Gasteiger partial charge on any atom is -0.355 e. The number of piperazine rings is 1. The standard InChI is InChI=1S/C15H22N2S2/c1-2-8-16-9-11-17(12-10-16)15(18)19-13-14-6-4-3-5-7-14/h3-7H,2,8-13H2,1H3. The maximum atomic E-state index is 5.55. The van der Waals surface area contributed by atoms with Crippen molar-refractivity contribution in [2.24, 2.45) is 0 Å². The summed E-state index contributed by atoms with van der Waals surface area (Å²) in [6.45, 7) is 7.94. The molecule has 2 nitrogen and oxygen atoms in total. The SMILES string of the molecule is CCCN1CCN(C(=S)SCc2ccccc2)CC1. The molecule has 0 N–H and O–H groups in total. The van der Waals surface area contributed by atoms with Crippen molar-refractivity contribution in [1.82, 2.24) is 9.80 Å². The molecule has 0 radical (unpaired) electrons.